The molecular formula is C13H10FNO3. The van der Waals surface area contributed by atoms with Gasteiger partial charge < -0.3 is 9.84 Å². The lowest BCUT2D eigenvalue weighted by Crippen LogP contribution is -1.98. The van der Waals surface area contributed by atoms with Gasteiger partial charge in [0.05, 0.1) is 18.4 Å². The second-order valence-electron chi connectivity index (χ2n) is 3.56. The summed E-state index contributed by atoms with van der Waals surface area (Å²) in [7, 11) is 1.38. The lowest BCUT2D eigenvalue weighted by Gasteiger charge is -2.06. The maximum Gasteiger partial charge on any atom is 0.337 e. The molecule has 2 aromatic rings. The van der Waals surface area contributed by atoms with Crippen molar-refractivity contribution in [3.63, 3.8) is 0 Å². The van der Waals surface area contributed by atoms with E-state index in [1.54, 1.807) is 12.1 Å². The molecule has 4 nitrogen and oxygen atoms in total. The van der Waals surface area contributed by atoms with Crippen LogP contribution in [-0.4, -0.2) is 23.2 Å². The molecule has 0 aliphatic heterocycles. The average molecular weight is 247 g/mol. The Morgan fingerprint density at radius 1 is 1.33 bits per heavy atom. The molecule has 0 saturated heterocycles. The summed E-state index contributed by atoms with van der Waals surface area (Å²) in [5, 5.41) is 8.75. The van der Waals surface area contributed by atoms with Crippen molar-refractivity contribution in [3.8, 4) is 17.0 Å². The van der Waals surface area contributed by atoms with E-state index in [9.17, 15) is 9.18 Å². The smallest absolute Gasteiger partial charge is 0.337 e. The second-order valence-corrected chi connectivity index (χ2v) is 3.56. The normalized spacial score (nSPS) is 10.1. The topological polar surface area (TPSA) is 59.4 Å². The third-order valence-corrected chi connectivity index (χ3v) is 2.47. The molecule has 1 aromatic carbocycles. The Morgan fingerprint density at radius 3 is 2.67 bits per heavy atom. The molecule has 0 aliphatic carbocycles. The summed E-state index contributed by atoms with van der Waals surface area (Å²) >= 11 is 0. The Morgan fingerprint density at radius 2 is 2.11 bits per heavy atom. The van der Waals surface area contributed by atoms with Gasteiger partial charge in [0, 0.05) is 11.8 Å². The highest BCUT2D eigenvalue weighted by molar-refractivity contribution is 5.87. The Kier molecular flexibility index (Phi) is 3.23. The highest BCUT2D eigenvalue weighted by Gasteiger charge is 2.12. The van der Waals surface area contributed by atoms with Gasteiger partial charge in [0.25, 0.3) is 0 Å². The lowest BCUT2D eigenvalue weighted by atomic mass is 10.1. The lowest BCUT2D eigenvalue weighted by molar-refractivity contribution is 0.0696. The van der Waals surface area contributed by atoms with Crippen LogP contribution in [0.3, 0.4) is 0 Å². The number of carboxylic acid groups (broad SMARTS) is 1. The van der Waals surface area contributed by atoms with Gasteiger partial charge in [-0.25, -0.2) is 9.18 Å². The number of carbonyl (C=O) groups is 1. The van der Waals surface area contributed by atoms with Crippen LogP contribution in [0.25, 0.3) is 11.3 Å². The summed E-state index contributed by atoms with van der Waals surface area (Å²) in [4.78, 5) is 14.6. The Balaban J connectivity index is 2.46. The van der Waals surface area contributed by atoms with Gasteiger partial charge in [-0.3, -0.25) is 4.98 Å². The number of pyridine rings is 1. The highest BCUT2D eigenvalue weighted by atomic mass is 19.1. The highest BCUT2D eigenvalue weighted by Crippen LogP contribution is 2.27. The maximum atomic E-state index is 13.9. The molecule has 1 N–H and O–H groups in total. The Labute approximate surface area is 103 Å². The fourth-order valence-corrected chi connectivity index (χ4v) is 1.55. The number of aromatic nitrogens is 1. The first kappa shape index (κ1) is 12.0. The molecule has 0 spiro atoms. The summed E-state index contributed by atoms with van der Waals surface area (Å²) < 4.78 is 18.8. The number of halogens is 1. The van der Waals surface area contributed by atoms with Crippen LogP contribution in [-0.2, 0) is 0 Å². The standard InChI is InChI=1S/C13H10FNO3/c1-18-11-4-2-3-9(12(11)14)10-6-5-8(7-15-10)13(16)17/h2-7H,1H3,(H,16,17). The van der Waals surface area contributed by atoms with Gasteiger partial charge in [0.2, 0.25) is 0 Å². The van der Waals surface area contributed by atoms with Crippen molar-refractivity contribution in [2.75, 3.05) is 7.11 Å². The molecule has 1 heterocycles. The zero-order chi connectivity index (χ0) is 13.1. The van der Waals surface area contributed by atoms with Crippen LogP contribution < -0.4 is 4.74 Å². The van der Waals surface area contributed by atoms with Crippen LogP contribution in [0, 0.1) is 5.82 Å². The number of hydrogen-bond donors (Lipinski definition) is 1. The van der Waals surface area contributed by atoms with Crippen molar-refractivity contribution in [3.05, 3.63) is 47.9 Å². The average Bonchev–Trinajstić information content (AvgIpc) is 2.39. The van der Waals surface area contributed by atoms with Gasteiger partial charge in [-0.1, -0.05) is 6.07 Å². The van der Waals surface area contributed by atoms with Gasteiger partial charge in [0.1, 0.15) is 0 Å². The molecule has 0 saturated carbocycles. The number of carboxylic acids is 1. The monoisotopic (exact) mass is 247 g/mol. The van der Waals surface area contributed by atoms with Gasteiger partial charge >= 0.3 is 5.97 Å². The van der Waals surface area contributed by atoms with E-state index in [4.69, 9.17) is 9.84 Å². The molecular weight excluding hydrogens is 237 g/mol. The summed E-state index contributed by atoms with van der Waals surface area (Å²) in [6.45, 7) is 0. The third kappa shape index (κ3) is 2.15. The largest absolute Gasteiger partial charge is 0.494 e. The number of methoxy groups -OCH3 is 1. The van der Waals surface area contributed by atoms with Gasteiger partial charge in [0.15, 0.2) is 11.6 Å². The zero-order valence-electron chi connectivity index (χ0n) is 9.55. The first-order valence-electron chi connectivity index (χ1n) is 5.15. The minimum atomic E-state index is -1.07. The predicted octanol–water partition coefficient (Wildman–Crippen LogP) is 2.59. The minimum Gasteiger partial charge on any atom is -0.494 e. The molecule has 92 valence electrons. The van der Waals surface area contributed by atoms with Crippen LogP contribution in [0.15, 0.2) is 36.5 Å². The summed E-state index contributed by atoms with van der Waals surface area (Å²) in [5.74, 6) is -1.47. The van der Waals surface area contributed by atoms with Crippen LogP contribution >= 0.6 is 0 Å². The molecule has 0 bridgehead atoms. The molecule has 0 aliphatic rings. The number of hydrogen-bond acceptors (Lipinski definition) is 3. The van der Waals surface area contributed by atoms with Crippen molar-refractivity contribution >= 4 is 5.97 Å². The Hall–Kier alpha value is -2.43. The molecule has 18 heavy (non-hydrogen) atoms. The van der Waals surface area contributed by atoms with Crippen molar-refractivity contribution in [2.24, 2.45) is 0 Å². The van der Waals surface area contributed by atoms with E-state index in [0.29, 0.717) is 5.69 Å². The predicted molar refractivity (Wildman–Crippen MR) is 63.1 cm³/mol. The molecule has 0 radical (unpaired) electrons. The van der Waals surface area contributed by atoms with Crippen LogP contribution in [0.4, 0.5) is 4.39 Å². The van der Waals surface area contributed by atoms with E-state index in [1.807, 2.05) is 0 Å². The molecule has 0 atom stereocenters. The second kappa shape index (κ2) is 4.83. The van der Waals surface area contributed by atoms with E-state index < -0.39 is 11.8 Å². The molecule has 0 unspecified atom stereocenters. The van der Waals surface area contributed by atoms with Crippen LogP contribution in [0.1, 0.15) is 10.4 Å². The van der Waals surface area contributed by atoms with Crippen molar-refractivity contribution in [1.29, 1.82) is 0 Å². The first-order chi connectivity index (χ1) is 8.63. The number of ether oxygens (including phenoxy) is 1. The van der Waals surface area contributed by atoms with E-state index >= 15 is 0 Å². The first-order valence-corrected chi connectivity index (χ1v) is 5.15. The molecule has 1 aromatic heterocycles. The van der Waals surface area contributed by atoms with Gasteiger partial charge in [-0.2, -0.15) is 0 Å². The third-order valence-electron chi connectivity index (χ3n) is 2.47. The molecule has 5 heteroatoms. The number of benzene rings is 1. The summed E-state index contributed by atoms with van der Waals surface area (Å²) in [5.41, 5.74) is 0.685. The van der Waals surface area contributed by atoms with E-state index in [-0.39, 0.29) is 16.9 Å². The van der Waals surface area contributed by atoms with Gasteiger partial charge in [-0.15, -0.1) is 0 Å². The summed E-state index contributed by atoms with van der Waals surface area (Å²) in [6, 6.07) is 7.54. The maximum absolute atomic E-state index is 13.9. The van der Waals surface area contributed by atoms with Crippen LogP contribution in [0.5, 0.6) is 5.75 Å². The Bertz CT molecular complexity index is 581. The fraction of sp³-hybridized carbons (Fsp3) is 0.0769. The van der Waals surface area contributed by atoms with Crippen molar-refractivity contribution in [1.82, 2.24) is 4.98 Å². The summed E-state index contributed by atoms with van der Waals surface area (Å²) in [6.07, 6.45) is 1.19. The van der Waals surface area contributed by atoms with Crippen molar-refractivity contribution < 1.29 is 19.0 Å². The fourth-order valence-electron chi connectivity index (χ4n) is 1.55. The minimum absolute atomic E-state index is 0.0575. The zero-order valence-corrected chi connectivity index (χ0v) is 9.55. The number of aromatic carboxylic acids is 1. The molecule has 0 fully saturated rings. The van der Waals surface area contributed by atoms with Crippen LogP contribution in [0.2, 0.25) is 0 Å². The SMILES string of the molecule is COc1cccc(-c2ccc(C(=O)O)cn2)c1F. The van der Waals surface area contributed by atoms with E-state index in [2.05, 4.69) is 4.98 Å². The molecule has 0 amide bonds. The number of rotatable bonds is 3. The van der Waals surface area contributed by atoms with Gasteiger partial charge in [-0.05, 0) is 24.3 Å². The van der Waals surface area contributed by atoms with E-state index in [1.165, 1.54) is 31.5 Å². The van der Waals surface area contributed by atoms with E-state index in [0.717, 1.165) is 0 Å². The van der Waals surface area contributed by atoms with Crippen molar-refractivity contribution in [2.45, 2.75) is 0 Å². The number of nitrogens with zero attached hydrogens (tertiary/aromatic N) is 1. The quantitative estimate of drug-likeness (QED) is 0.905. The molecule has 2 rings (SSSR count).